The van der Waals surface area contributed by atoms with Gasteiger partial charge in [0, 0.05) is 28.7 Å². The molecule has 0 amide bonds. The predicted molar refractivity (Wildman–Crippen MR) is 82.6 cm³/mol. The summed E-state index contributed by atoms with van der Waals surface area (Å²) in [6.07, 6.45) is 3.48. The molecule has 0 unspecified atom stereocenters. The van der Waals surface area contributed by atoms with E-state index in [0.717, 1.165) is 16.5 Å². The van der Waals surface area contributed by atoms with Crippen molar-refractivity contribution in [3.05, 3.63) is 70.4 Å². The van der Waals surface area contributed by atoms with Gasteiger partial charge in [0.25, 0.3) is 5.69 Å². The number of aromatic nitrogens is 1. The Morgan fingerprint density at radius 3 is 2.76 bits per heavy atom. The molecule has 0 fully saturated rings. The maximum Gasteiger partial charge on any atom is 0.294 e. The average Bonchev–Trinajstić information content (AvgIpc) is 2.91. The maximum atomic E-state index is 10.9. The maximum absolute atomic E-state index is 10.9. The van der Waals surface area contributed by atoms with Gasteiger partial charge in [0.1, 0.15) is 5.69 Å². The fourth-order valence-corrected chi connectivity index (χ4v) is 2.10. The summed E-state index contributed by atoms with van der Waals surface area (Å²) in [5.41, 5.74) is 5.00. The summed E-state index contributed by atoms with van der Waals surface area (Å²) in [4.78, 5) is 13.6. The number of hydrogen-bond acceptors (Lipinski definition) is 4. The van der Waals surface area contributed by atoms with Gasteiger partial charge in [-0.05, 0) is 12.1 Å². The Kier molecular flexibility index (Phi) is 3.34. The minimum Gasteiger partial charge on any atom is -0.361 e. The van der Waals surface area contributed by atoms with Crippen LogP contribution in [0.3, 0.4) is 0 Å². The van der Waals surface area contributed by atoms with E-state index in [4.69, 9.17) is 0 Å². The number of rotatable bonds is 4. The quantitative estimate of drug-likeness (QED) is 0.435. The fourth-order valence-electron chi connectivity index (χ4n) is 2.10. The zero-order valence-electron chi connectivity index (χ0n) is 11.0. The smallest absolute Gasteiger partial charge is 0.294 e. The van der Waals surface area contributed by atoms with Crippen LogP contribution < -0.4 is 5.43 Å². The minimum atomic E-state index is -0.441. The van der Waals surface area contributed by atoms with Crippen molar-refractivity contribution in [3.8, 4) is 0 Å². The van der Waals surface area contributed by atoms with Gasteiger partial charge in [-0.25, -0.2) is 0 Å². The number of aromatic amines is 1. The van der Waals surface area contributed by atoms with Gasteiger partial charge in [-0.3, -0.25) is 15.5 Å². The number of hydrogen-bond donors (Lipinski definition) is 2. The van der Waals surface area contributed by atoms with E-state index in [1.54, 1.807) is 24.4 Å². The standard InChI is InChI=1S/C15H12N4O2/c20-19(21)15-8-4-3-7-14(15)18-17-10-11-9-16-13-6-2-1-5-12(11)13/h1-10,16,18H. The van der Waals surface area contributed by atoms with Crippen LogP contribution in [-0.4, -0.2) is 16.1 Å². The molecule has 104 valence electrons. The number of fused-ring (bicyclic) bond motifs is 1. The Morgan fingerprint density at radius 2 is 1.90 bits per heavy atom. The lowest BCUT2D eigenvalue weighted by Gasteiger charge is -2.00. The molecular formula is C15H12N4O2. The Balaban J connectivity index is 1.83. The lowest BCUT2D eigenvalue weighted by molar-refractivity contribution is -0.384. The van der Waals surface area contributed by atoms with Crippen LogP contribution in [0, 0.1) is 10.1 Å². The summed E-state index contributed by atoms with van der Waals surface area (Å²) in [5.74, 6) is 0. The van der Waals surface area contributed by atoms with Crippen LogP contribution in [0.15, 0.2) is 59.8 Å². The van der Waals surface area contributed by atoms with Crippen LogP contribution in [0.4, 0.5) is 11.4 Å². The third kappa shape index (κ3) is 2.59. The Morgan fingerprint density at radius 1 is 1.14 bits per heavy atom. The molecule has 0 atom stereocenters. The van der Waals surface area contributed by atoms with Crippen molar-refractivity contribution in [1.29, 1.82) is 0 Å². The molecule has 2 N–H and O–H groups in total. The first-order valence-corrected chi connectivity index (χ1v) is 6.34. The van der Waals surface area contributed by atoms with Crippen molar-refractivity contribution in [3.63, 3.8) is 0 Å². The molecule has 6 heteroatoms. The molecule has 0 aliphatic heterocycles. The third-order valence-corrected chi connectivity index (χ3v) is 3.11. The number of benzene rings is 2. The molecule has 0 aliphatic carbocycles. The van der Waals surface area contributed by atoms with Gasteiger partial charge in [0.05, 0.1) is 11.1 Å². The molecule has 0 aliphatic rings. The van der Waals surface area contributed by atoms with Crippen molar-refractivity contribution >= 4 is 28.5 Å². The topological polar surface area (TPSA) is 83.3 Å². The molecular weight excluding hydrogens is 268 g/mol. The van der Waals surface area contributed by atoms with Gasteiger partial charge in [-0.15, -0.1) is 0 Å². The highest BCUT2D eigenvalue weighted by atomic mass is 16.6. The molecule has 0 spiro atoms. The van der Waals surface area contributed by atoms with Crippen molar-refractivity contribution < 1.29 is 4.92 Å². The second-order valence-corrected chi connectivity index (χ2v) is 4.43. The van der Waals surface area contributed by atoms with Gasteiger partial charge < -0.3 is 4.98 Å². The van der Waals surface area contributed by atoms with Crippen molar-refractivity contribution in [1.82, 2.24) is 4.98 Å². The number of para-hydroxylation sites is 3. The van der Waals surface area contributed by atoms with Gasteiger partial charge >= 0.3 is 0 Å². The highest BCUT2D eigenvalue weighted by Crippen LogP contribution is 2.23. The molecule has 0 saturated heterocycles. The fraction of sp³-hybridized carbons (Fsp3) is 0. The highest BCUT2D eigenvalue weighted by molar-refractivity contribution is 5.99. The first-order valence-electron chi connectivity index (χ1n) is 6.34. The van der Waals surface area contributed by atoms with Gasteiger partial charge in [0.2, 0.25) is 0 Å². The zero-order chi connectivity index (χ0) is 14.7. The number of hydrazone groups is 1. The second-order valence-electron chi connectivity index (χ2n) is 4.43. The summed E-state index contributed by atoms with van der Waals surface area (Å²) >= 11 is 0. The number of nitro groups is 1. The summed E-state index contributed by atoms with van der Waals surface area (Å²) < 4.78 is 0. The highest BCUT2D eigenvalue weighted by Gasteiger charge is 2.11. The van der Waals surface area contributed by atoms with E-state index in [2.05, 4.69) is 15.5 Å². The molecule has 3 aromatic rings. The second kappa shape index (κ2) is 5.46. The van der Waals surface area contributed by atoms with Gasteiger partial charge in [-0.1, -0.05) is 30.3 Å². The van der Waals surface area contributed by atoms with E-state index < -0.39 is 4.92 Å². The van der Waals surface area contributed by atoms with E-state index in [1.165, 1.54) is 6.07 Å². The largest absolute Gasteiger partial charge is 0.361 e. The minimum absolute atomic E-state index is 0.00595. The van der Waals surface area contributed by atoms with E-state index in [1.807, 2.05) is 30.5 Å². The van der Waals surface area contributed by atoms with Gasteiger partial charge in [-0.2, -0.15) is 5.10 Å². The van der Waals surface area contributed by atoms with E-state index >= 15 is 0 Å². The average molecular weight is 280 g/mol. The van der Waals surface area contributed by atoms with E-state index in [0.29, 0.717) is 5.69 Å². The predicted octanol–water partition coefficient (Wildman–Crippen LogP) is 3.52. The molecule has 3 rings (SSSR count). The SMILES string of the molecule is O=[N+]([O-])c1ccccc1NN=Cc1c[nH]c2ccccc12. The lowest BCUT2D eigenvalue weighted by atomic mass is 10.2. The van der Waals surface area contributed by atoms with Crippen LogP contribution in [0.25, 0.3) is 10.9 Å². The van der Waals surface area contributed by atoms with Crippen LogP contribution in [-0.2, 0) is 0 Å². The third-order valence-electron chi connectivity index (χ3n) is 3.11. The monoisotopic (exact) mass is 280 g/mol. The number of nitrogens with zero attached hydrogens (tertiary/aromatic N) is 2. The number of anilines is 1. The molecule has 2 aromatic carbocycles. The van der Waals surface area contributed by atoms with E-state index in [-0.39, 0.29) is 5.69 Å². The zero-order valence-corrected chi connectivity index (χ0v) is 11.0. The van der Waals surface area contributed by atoms with Crippen LogP contribution in [0.5, 0.6) is 0 Å². The summed E-state index contributed by atoms with van der Waals surface area (Å²) in [7, 11) is 0. The Bertz CT molecular complexity index is 823. The number of H-pyrrole nitrogens is 1. The molecule has 6 nitrogen and oxygen atoms in total. The Hall–Kier alpha value is -3.15. The van der Waals surface area contributed by atoms with Crippen molar-refractivity contribution in [2.45, 2.75) is 0 Å². The molecule has 1 heterocycles. The first kappa shape index (κ1) is 12.9. The van der Waals surface area contributed by atoms with Crippen molar-refractivity contribution in [2.75, 3.05) is 5.43 Å². The normalized spacial score (nSPS) is 11.0. The number of nitro benzene ring substituents is 1. The van der Waals surface area contributed by atoms with Crippen molar-refractivity contribution in [2.24, 2.45) is 5.10 Å². The van der Waals surface area contributed by atoms with Crippen LogP contribution >= 0.6 is 0 Å². The summed E-state index contributed by atoms with van der Waals surface area (Å²) in [6.45, 7) is 0. The molecule has 1 aromatic heterocycles. The van der Waals surface area contributed by atoms with Gasteiger partial charge in [0.15, 0.2) is 0 Å². The first-order chi connectivity index (χ1) is 10.3. The van der Waals surface area contributed by atoms with Crippen LogP contribution in [0.1, 0.15) is 5.56 Å². The molecule has 21 heavy (non-hydrogen) atoms. The molecule has 0 radical (unpaired) electrons. The summed E-state index contributed by atoms with van der Waals surface area (Å²) in [6, 6.07) is 14.2. The molecule has 0 saturated carbocycles. The number of nitrogens with one attached hydrogen (secondary N) is 2. The molecule has 0 bridgehead atoms. The van der Waals surface area contributed by atoms with E-state index in [9.17, 15) is 10.1 Å². The van der Waals surface area contributed by atoms with Crippen LogP contribution in [0.2, 0.25) is 0 Å². The Labute approximate surface area is 120 Å². The lowest BCUT2D eigenvalue weighted by Crippen LogP contribution is -1.96. The summed E-state index contributed by atoms with van der Waals surface area (Å²) in [5, 5.41) is 16.0.